The molecule has 2 aromatic rings. The van der Waals surface area contributed by atoms with Crippen molar-refractivity contribution < 1.29 is 9.59 Å². The van der Waals surface area contributed by atoms with E-state index in [-0.39, 0.29) is 17.5 Å². The van der Waals surface area contributed by atoms with Crippen molar-refractivity contribution in [3.05, 3.63) is 52.7 Å². The lowest BCUT2D eigenvalue weighted by Gasteiger charge is -2.44. The Bertz CT molecular complexity index is 899. The van der Waals surface area contributed by atoms with Crippen molar-refractivity contribution in [1.29, 1.82) is 0 Å². The number of aromatic amines is 1. The number of amides is 2. The predicted molar refractivity (Wildman–Crippen MR) is 91.4 cm³/mol. The molecule has 0 atom stereocenters. The second kappa shape index (κ2) is 5.73. The van der Waals surface area contributed by atoms with Crippen LogP contribution in [-0.2, 0) is 4.79 Å². The van der Waals surface area contributed by atoms with E-state index in [2.05, 4.69) is 20.6 Å². The lowest BCUT2D eigenvalue weighted by molar-refractivity contribution is -0.122. The van der Waals surface area contributed by atoms with E-state index in [1.165, 1.54) is 6.20 Å². The highest BCUT2D eigenvalue weighted by atomic mass is 16.2. The molecule has 8 nitrogen and oxygen atoms in total. The van der Waals surface area contributed by atoms with Crippen LogP contribution in [0, 0.1) is 0 Å². The van der Waals surface area contributed by atoms with Crippen LogP contribution in [-0.4, -0.2) is 45.3 Å². The first kappa shape index (κ1) is 15.4. The molecule has 0 unspecified atom stereocenters. The van der Waals surface area contributed by atoms with Gasteiger partial charge in [0.25, 0.3) is 11.5 Å². The normalized spacial score (nSPS) is 18.2. The van der Waals surface area contributed by atoms with Gasteiger partial charge in [-0.25, -0.2) is 0 Å². The van der Waals surface area contributed by atoms with Crippen molar-refractivity contribution in [2.24, 2.45) is 0 Å². The molecule has 1 aromatic carbocycles. The second-order valence-corrected chi connectivity index (χ2v) is 6.31. The number of piperidine rings is 1. The smallest absolute Gasteiger partial charge is 0.271 e. The van der Waals surface area contributed by atoms with Gasteiger partial charge in [-0.3, -0.25) is 19.4 Å². The highest BCUT2D eigenvalue weighted by molar-refractivity contribution is 6.06. The molecule has 0 radical (unpaired) electrons. The molecule has 2 aliphatic heterocycles. The topological polar surface area (TPSA) is 107 Å². The molecule has 1 spiro atoms. The van der Waals surface area contributed by atoms with Gasteiger partial charge >= 0.3 is 0 Å². The number of carbonyl (C=O) groups is 2. The number of hydrogen-bond acceptors (Lipinski definition) is 5. The minimum atomic E-state index is -0.715. The van der Waals surface area contributed by atoms with Crippen molar-refractivity contribution in [1.82, 2.24) is 14.9 Å². The second-order valence-electron chi connectivity index (χ2n) is 6.31. The highest BCUT2D eigenvalue weighted by Gasteiger charge is 2.45. The number of hydrogen-bond donors (Lipinski definition) is 3. The first-order valence-corrected chi connectivity index (χ1v) is 8.10. The molecule has 1 saturated heterocycles. The lowest BCUT2D eigenvalue weighted by atomic mass is 9.84. The Morgan fingerprint density at radius 3 is 2.52 bits per heavy atom. The van der Waals surface area contributed by atoms with Crippen LogP contribution in [0.25, 0.3) is 0 Å². The monoisotopic (exact) mass is 339 g/mol. The van der Waals surface area contributed by atoms with Gasteiger partial charge in [0, 0.05) is 13.1 Å². The molecule has 0 aliphatic carbocycles. The van der Waals surface area contributed by atoms with E-state index in [1.54, 1.807) is 4.90 Å². The maximum absolute atomic E-state index is 12.6. The van der Waals surface area contributed by atoms with Crippen LogP contribution in [0.1, 0.15) is 23.3 Å². The van der Waals surface area contributed by atoms with Gasteiger partial charge in [0.2, 0.25) is 5.91 Å². The van der Waals surface area contributed by atoms with E-state index in [1.807, 2.05) is 24.3 Å². The number of likely N-dealkylation sites (tertiary alicyclic amines) is 1. The van der Waals surface area contributed by atoms with Gasteiger partial charge in [-0.05, 0) is 25.0 Å². The summed E-state index contributed by atoms with van der Waals surface area (Å²) in [5.74, 6) is -0.357. The molecule has 0 bridgehead atoms. The number of benzene rings is 1. The third-order valence-corrected chi connectivity index (χ3v) is 4.77. The van der Waals surface area contributed by atoms with Crippen LogP contribution in [0.3, 0.4) is 0 Å². The summed E-state index contributed by atoms with van der Waals surface area (Å²) in [4.78, 5) is 44.3. The average Bonchev–Trinajstić information content (AvgIpc) is 2.63. The minimum absolute atomic E-state index is 0.0758. The molecule has 3 heterocycles. The van der Waals surface area contributed by atoms with E-state index in [9.17, 15) is 14.4 Å². The number of H-pyrrole nitrogens is 1. The molecule has 1 fully saturated rings. The number of nitrogens with one attached hydrogen (secondary N) is 3. The van der Waals surface area contributed by atoms with Gasteiger partial charge in [-0.15, -0.1) is 0 Å². The van der Waals surface area contributed by atoms with Crippen LogP contribution in [0.2, 0.25) is 0 Å². The predicted octanol–water partition coefficient (Wildman–Crippen LogP) is 0.809. The van der Waals surface area contributed by atoms with Gasteiger partial charge in [-0.1, -0.05) is 12.1 Å². The van der Waals surface area contributed by atoms with Crippen LogP contribution in [0.4, 0.5) is 11.4 Å². The third kappa shape index (κ3) is 2.65. The Labute approximate surface area is 143 Å². The summed E-state index contributed by atoms with van der Waals surface area (Å²) in [7, 11) is 0. The van der Waals surface area contributed by atoms with Crippen molar-refractivity contribution in [2.75, 3.05) is 23.7 Å². The molecule has 25 heavy (non-hydrogen) atoms. The summed E-state index contributed by atoms with van der Waals surface area (Å²) in [6.45, 7) is 0.830. The fraction of sp³-hybridized carbons (Fsp3) is 0.294. The Morgan fingerprint density at radius 1 is 1.08 bits per heavy atom. The Kier molecular flexibility index (Phi) is 3.52. The zero-order valence-corrected chi connectivity index (χ0v) is 13.4. The maximum atomic E-state index is 12.6. The molecule has 1 aromatic heterocycles. The first-order valence-electron chi connectivity index (χ1n) is 8.10. The fourth-order valence-electron chi connectivity index (χ4n) is 3.36. The third-order valence-electron chi connectivity index (χ3n) is 4.77. The molecule has 8 heteroatoms. The summed E-state index contributed by atoms with van der Waals surface area (Å²) in [6.07, 6.45) is 3.44. The molecular formula is C17H17N5O3. The zero-order chi connectivity index (χ0) is 17.4. The minimum Gasteiger partial charge on any atom is -0.369 e. The maximum Gasteiger partial charge on any atom is 0.271 e. The van der Waals surface area contributed by atoms with Gasteiger partial charge in [0.1, 0.15) is 11.2 Å². The van der Waals surface area contributed by atoms with Gasteiger partial charge < -0.3 is 20.5 Å². The number of para-hydroxylation sites is 2. The number of carbonyl (C=O) groups excluding carboxylic acids is 2. The number of fused-ring (bicyclic) bond motifs is 1. The summed E-state index contributed by atoms with van der Waals surface area (Å²) >= 11 is 0. The molecular weight excluding hydrogens is 322 g/mol. The zero-order valence-electron chi connectivity index (χ0n) is 13.4. The largest absolute Gasteiger partial charge is 0.369 e. The average molecular weight is 339 g/mol. The van der Waals surface area contributed by atoms with Gasteiger partial charge in [-0.2, -0.15) is 0 Å². The fourth-order valence-corrected chi connectivity index (χ4v) is 3.36. The molecule has 128 valence electrons. The molecule has 2 aliphatic rings. The Morgan fingerprint density at radius 2 is 1.80 bits per heavy atom. The number of anilines is 2. The van der Waals surface area contributed by atoms with E-state index in [4.69, 9.17) is 0 Å². The van der Waals surface area contributed by atoms with E-state index >= 15 is 0 Å². The van der Waals surface area contributed by atoms with Crippen LogP contribution >= 0.6 is 0 Å². The Balaban J connectivity index is 1.51. The summed E-state index contributed by atoms with van der Waals surface area (Å²) < 4.78 is 0. The van der Waals surface area contributed by atoms with E-state index in [0.717, 1.165) is 17.6 Å². The number of rotatable bonds is 1. The summed E-state index contributed by atoms with van der Waals surface area (Å²) in [6, 6.07) is 7.56. The number of nitrogens with zero attached hydrogens (tertiary/aromatic N) is 2. The molecule has 0 saturated carbocycles. The van der Waals surface area contributed by atoms with Crippen LogP contribution < -0.4 is 16.2 Å². The summed E-state index contributed by atoms with van der Waals surface area (Å²) in [5.41, 5.74) is 0.690. The van der Waals surface area contributed by atoms with E-state index in [0.29, 0.717) is 25.9 Å². The van der Waals surface area contributed by atoms with Crippen molar-refractivity contribution in [3.8, 4) is 0 Å². The first-order chi connectivity index (χ1) is 12.1. The van der Waals surface area contributed by atoms with E-state index < -0.39 is 11.1 Å². The van der Waals surface area contributed by atoms with Crippen molar-refractivity contribution >= 4 is 23.2 Å². The van der Waals surface area contributed by atoms with Gasteiger partial charge in [0.05, 0.1) is 23.8 Å². The quantitative estimate of drug-likeness (QED) is 0.713. The molecule has 2 amide bonds. The molecule has 4 rings (SSSR count). The SMILES string of the molecule is O=C(c1cncc(=O)[nH]1)N1CCC2(CC1)Nc1ccccc1NC2=O. The molecule has 3 N–H and O–H groups in total. The lowest BCUT2D eigenvalue weighted by Crippen LogP contribution is -2.59. The highest BCUT2D eigenvalue weighted by Crippen LogP contribution is 2.36. The van der Waals surface area contributed by atoms with Crippen LogP contribution in [0.5, 0.6) is 0 Å². The van der Waals surface area contributed by atoms with Gasteiger partial charge in [0.15, 0.2) is 0 Å². The van der Waals surface area contributed by atoms with Crippen molar-refractivity contribution in [2.45, 2.75) is 18.4 Å². The summed E-state index contributed by atoms with van der Waals surface area (Å²) in [5, 5.41) is 6.29. The standard InChI is InChI=1S/C17H17N5O3/c23-14-10-18-9-13(19-14)15(24)22-7-5-17(6-8-22)16(25)20-11-3-1-2-4-12(11)21-17/h1-4,9-10,21H,5-8H2,(H,19,23)(H,20,25). The Hall–Kier alpha value is -3.16. The van der Waals surface area contributed by atoms with Crippen molar-refractivity contribution in [3.63, 3.8) is 0 Å². The van der Waals surface area contributed by atoms with Crippen LogP contribution in [0.15, 0.2) is 41.5 Å². The number of aromatic nitrogens is 2.